The molecule has 4 unspecified atom stereocenters. The molecule has 0 bridgehead atoms. The third kappa shape index (κ3) is 8.06. The number of halogens is 2. The first kappa shape index (κ1) is 21.6. The third-order valence-corrected chi connectivity index (χ3v) is 7.44. The molecule has 0 heterocycles. The van der Waals surface area contributed by atoms with Gasteiger partial charge in [-0.15, -0.1) is 0 Å². The minimum Gasteiger partial charge on any atom is -0.244 e. The summed E-state index contributed by atoms with van der Waals surface area (Å²) in [5, 5.41) is 1.23. The standard InChI is InChI=1S/C21H35F2P/c1-4-7-12-18(6-3)15-16-24(19-13-9-8-10-14-19)17-21(23)20(22)11-5-2/h8-10,13-14,18,20-21H,4-7,11-12,15-17H2,1-3H3. The lowest BCUT2D eigenvalue weighted by Gasteiger charge is -2.24. The van der Waals surface area contributed by atoms with Gasteiger partial charge in [-0.3, -0.25) is 0 Å². The van der Waals surface area contributed by atoms with Crippen LogP contribution < -0.4 is 5.30 Å². The predicted octanol–water partition coefficient (Wildman–Crippen LogP) is 6.88. The lowest BCUT2D eigenvalue weighted by Crippen LogP contribution is -2.23. The van der Waals surface area contributed by atoms with Crippen molar-refractivity contribution in [2.75, 3.05) is 12.3 Å². The Labute approximate surface area is 149 Å². The van der Waals surface area contributed by atoms with Gasteiger partial charge < -0.3 is 0 Å². The smallest absolute Gasteiger partial charge is 0.135 e. The first-order chi connectivity index (χ1) is 11.6. The van der Waals surface area contributed by atoms with Gasteiger partial charge in [0.15, 0.2) is 0 Å². The fraction of sp³-hybridized carbons (Fsp3) is 0.714. The van der Waals surface area contributed by atoms with E-state index < -0.39 is 20.3 Å². The molecule has 0 radical (unpaired) electrons. The van der Waals surface area contributed by atoms with Crippen molar-refractivity contribution < 1.29 is 8.78 Å². The van der Waals surface area contributed by atoms with Crippen LogP contribution in [-0.4, -0.2) is 24.7 Å². The van der Waals surface area contributed by atoms with Gasteiger partial charge in [0, 0.05) is 6.16 Å². The minimum atomic E-state index is -1.31. The van der Waals surface area contributed by atoms with Crippen molar-refractivity contribution >= 4 is 13.2 Å². The SMILES string of the molecule is CCCCC(CC)CCP(CC(F)C(F)CCC)c1ccccc1. The van der Waals surface area contributed by atoms with Crippen LogP contribution in [0.15, 0.2) is 30.3 Å². The molecule has 0 amide bonds. The molecule has 1 rings (SSSR count). The number of benzene rings is 1. The highest BCUT2D eigenvalue weighted by atomic mass is 31.1. The number of rotatable bonds is 13. The lowest BCUT2D eigenvalue weighted by atomic mass is 9.97. The second kappa shape index (κ2) is 12.8. The van der Waals surface area contributed by atoms with Crippen LogP contribution in [-0.2, 0) is 0 Å². The molecule has 0 saturated carbocycles. The van der Waals surface area contributed by atoms with Crippen LogP contribution in [0.3, 0.4) is 0 Å². The summed E-state index contributed by atoms with van der Waals surface area (Å²) >= 11 is 0. The Bertz CT molecular complexity index is 410. The van der Waals surface area contributed by atoms with Crippen LogP contribution in [0.5, 0.6) is 0 Å². The van der Waals surface area contributed by atoms with Crippen LogP contribution in [0.2, 0.25) is 0 Å². The molecule has 3 heteroatoms. The van der Waals surface area contributed by atoms with Crippen molar-refractivity contribution in [2.45, 2.75) is 78.1 Å². The molecule has 1 aromatic carbocycles. The zero-order chi connectivity index (χ0) is 17.8. The molecule has 0 nitrogen and oxygen atoms in total. The monoisotopic (exact) mass is 356 g/mol. The van der Waals surface area contributed by atoms with Crippen molar-refractivity contribution in [1.29, 1.82) is 0 Å². The van der Waals surface area contributed by atoms with Crippen LogP contribution in [0.25, 0.3) is 0 Å². The number of unbranched alkanes of at least 4 members (excludes halogenated alkanes) is 1. The summed E-state index contributed by atoms with van der Waals surface area (Å²) in [5.41, 5.74) is 0. The summed E-state index contributed by atoms with van der Waals surface area (Å²) in [6, 6.07) is 10.2. The van der Waals surface area contributed by atoms with Crippen molar-refractivity contribution in [3.8, 4) is 0 Å². The highest BCUT2D eigenvalue weighted by Crippen LogP contribution is 2.39. The Kier molecular flexibility index (Phi) is 11.5. The average molecular weight is 356 g/mol. The molecule has 0 aliphatic heterocycles. The normalized spacial score (nSPS) is 16.5. The maximum absolute atomic E-state index is 14.4. The summed E-state index contributed by atoms with van der Waals surface area (Å²) in [6.45, 7) is 6.40. The summed E-state index contributed by atoms with van der Waals surface area (Å²) in [5.74, 6) is 0.730. The van der Waals surface area contributed by atoms with Crippen LogP contribution in [0.1, 0.15) is 65.7 Å². The van der Waals surface area contributed by atoms with Crippen molar-refractivity contribution in [1.82, 2.24) is 0 Å². The summed E-state index contributed by atoms with van der Waals surface area (Å²) in [4.78, 5) is 0. The molecule has 0 fully saturated rings. The van der Waals surface area contributed by atoms with Gasteiger partial charge in [-0.05, 0) is 30.2 Å². The third-order valence-electron chi connectivity index (χ3n) is 4.82. The van der Waals surface area contributed by atoms with Crippen molar-refractivity contribution in [3.63, 3.8) is 0 Å². The molecular formula is C21H35F2P. The lowest BCUT2D eigenvalue weighted by molar-refractivity contribution is 0.174. The van der Waals surface area contributed by atoms with Crippen molar-refractivity contribution in [2.24, 2.45) is 5.92 Å². The van der Waals surface area contributed by atoms with E-state index in [1.807, 2.05) is 25.1 Å². The molecule has 0 N–H and O–H groups in total. The van der Waals surface area contributed by atoms with E-state index in [4.69, 9.17) is 0 Å². The van der Waals surface area contributed by atoms with Gasteiger partial charge in [0.25, 0.3) is 0 Å². The predicted molar refractivity (Wildman–Crippen MR) is 105 cm³/mol. The molecular weight excluding hydrogens is 321 g/mol. The van der Waals surface area contributed by atoms with E-state index in [2.05, 4.69) is 26.0 Å². The topological polar surface area (TPSA) is 0 Å². The molecule has 0 aliphatic carbocycles. The molecule has 24 heavy (non-hydrogen) atoms. The molecule has 0 aromatic heterocycles. The Balaban J connectivity index is 2.68. The second-order valence-electron chi connectivity index (χ2n) is 6.81. The van der Waals surface area contributed by atoms with Crippen LogP contribution >= 0.6 is 7.92 Å². The minimum absolute atomic E-state index is 0.340. The van der Waals surface area contributed by atoms with E-state index in [9.17, 15) is 8.78 Å². The molecule has 138 valence electrons. The fourth-order valence-corrected chi connectivity index (χ4v) is 5.70. The molecule has 0 aliphatic rings. The number of hydrogen-bond donors (Lipinski definition) is 0. The van der Waals surface area contributed by atoms with Gasteiger partial charge in [0.2, 0.25) is 0 Å². The van der Waals surface area contributed by atoms with Crippen LogP contribution in [0, 0.1) is 5.92 Å². The highest BCUT2D eigenvalue weighted by molar-refractivity contribution is 7.65. The summed E-state index contributed by atoms with van der Waals surface area (Å²) in [6.07, 6.45) is 5.96. The van der Waals surface area contributed by atoms with E-state index in [1.165, 1.54) is 31.0 Å². The van der Waals surface area contributed by atoms with Gasteiger partial charge in [-0.2, -0.15) is 0 Å². The Morgan fingerprint density at radius 3 is 2.17 bits per heavy atom. The zero-order valence-electron chi connectivity index (χ0n) is 15.7. The van der Waals surface area contributed by atoms with Gasteiger partial charge in [-0.25, -0.2) is 8.78 Å². The molecule has 0 spiro atoms. The number of hydrogen-bond acceptors (Lipinski definition) is 0. The summed E-state index contributed by atoms with van der Waals surface area (Å²) in [7, 11) is -0.607. The van der Waals surface area contributed by atoms with Gasteiger partial charge >= 0.3 is 0 Å². The van der Waals surface area contributed by atoms with E-state index in [0.29, 0.717) is 19.0 Å². The first-order valence-electron chi connectivity index (χ1n) is 9.70. The zero-order valence-corrected chi connectivity index (χ0v) is 16.6. The maximum Gasteiger partial charge on any atom is 0.135 e. The maximum atomic E-state index is 14.4. The first-order valence-corrected chi connectivity index (χ1v) is 11.4. The van der Waals surface area contributed by atoms with Gasteiger partial charge in [-0.1, -0.05) is 91.1 Å². The van der Waals surface area contributed by atoms with Crippen LogP contribution in [0.4, 0.5) is 8.78 Å². The fourth-order valence-electron chi connectivity index (χ4n) is 3.13. The van der Waals surface area contributed by atoms with Gasteiger partial charge in [0.05, 0.1) is 0 Å². The second-order valence-corrected chi connectivity index (χ2v) is 9.22. The van der Waals surface area contributed by atoms with E-state index in [0.717, 1.165) is 18.5 Å². The Morgan fingerprint density at radius 1 is 0.875 bits per heavy atom. The Hall–Kier alpha value is -0.490. The molecule has 0 saturated heterocycles. The van der Waals surface area contributed by atoms with E-state index in [1.54, 1.807) is 0 Å². The average Bonchev–Trinajstić information content (AvgIpc) is 2.61. The quantitative estimate of drug-likeness (QED) is 0.338. The van der Waals surface area contributed by atoms with E-state index >= 15 is 0 Å². The Morgan fingerprint density at radius 2 is 1.58 bits per heavy atom. The number of alkyl halides is 2. The van der Waals surface area contributed by atoms with Gasteiger partial charge in [0.1, 0.15) is 12.3 Å². The highest BCUT2D eigenvalue weighted by Gasteiger charge is 2.25. The summed E-state index contributed by atoms with van der Waals surface area (Å²) < 4.78 is 28.3. The molecule has 4 atom stereocenters. The molecule has 1 aromatic rings. The largest absolute Gasteiger partial charge is 0.244 e. The van der Waals surface area contributed by atoms with Crippen molar-refractivity contribution in [3.05, 3.63) is 30.3 Å². The van der Waals surface area contributed by atoms with E-state index in [-0.39, 0.29) is 0 Å².